The van der Waals surface area contributed by atoms with Gasteiger partial charge in [0.05, 0.1) is 27.8 Å². The third kappa shape index (κ3) is 4.88. The molecule has 5 aromatic heterocycles. The summed E-state index contributed by atoms with van der Waals surface area (Å²) in [6.07, 6.45) is 0. The van der Waals surface area contributed by atoms with Crippen molar-refractivity contribution < 1.29 is 4.42 Å². The number of thiophene rings is 1. The Morgan fingerprint density at radius 1 is 0.400 bits per heavy atom. The van der Waals surface area contributed by atoms with E-state index in [1.165, 1.54) is 20.2 Å². The molecule has 0 aliphatic heterocycles. The molecule has 0 aliphatic rings. The summed E-state index contributed by atoms with van der Waals surface area (Å²) in [6, 6.07) is 63.1. The Morgan fingerprint density at radius 3 is 1.67 bits per heavy atom. The fraction of sp³-hybridized carbons (Fsp3) is 0. The molecule has 0 saturated carbocycles. The molecule has 0 bridgehead atoms. The molecule has 0 amide bonds. The van der Waals surface area contributed by atoms with Crippen molar-refractivity contribution >= 4 is 86.2 Å². The second-order valence-corrected chi connectivity index (χ2v) is 16.1. The molecule has 0 unspecified atom stereocenters. The molecule has 8 aromatic carbocycles. The van der Waals surface area contributed by atoms with E-state index in [0.29, 0.717) is 29.1 Å². The molecule has 0 N–H and O–H groups in total. The average Bonchev–Trinajstić information content (AvgIpc) is 4.09. The van der Waals surface area contributed by atoms with Gasteiger partial charge in [-0.25, -0.2) is 9.97 Å². The first-order valence-electron chi connectivity index (χ1n) is 19.9. The van der Waals surface area contributed by atoms with E-state index in [-0.39, 0.29) is 0 Å². The van der Waals surface area contributed by atoms with Crippen molar-refractivity contribution in [1.82, 2.24) is 29.1 Å². The molecule has 0 aliphatic carbocycles. The SMILES string of the molecule is c1ccc(-c2nc(-c3ccccc3)nc(-n3c4ccccc4c4ccc5c6ccccc6n(-c6cccc7nc(-c8ccc9c(c8)sc8ccccc89)oc67)c5c43)n2)cc1. The summed E-state index contributed by atoms with van der Waals surface area (Å²) in [5.74, 6) is 2.33. The van der Waals surface area contributed by atoms with Crippen LogP contribution >= 0.6 is 11.3 Å². The Kier molecular flexibility index (Phi) is 7.05. The molecule has 0 fully saturated rings. The van der Waals surface area contributed by atoms with E-state index >= 15 is 0 Å². The maximum atomic E-state index is 6.88. The molecule has 13 aromatic rings. The van der Waals surface area contributed by atoms with Crippen LogP contribution in [0, 0.1) is 0 Å². The molecule has 5 heterocycles. The molecule has 0 spiro atoms. The van der Waals surface area contributed by atoms with Gasteiger partial charge in [-0.3, -0.25) is 4.57 Å². The molecule has 7 nitrogen and oxygen atoms in total. The Morgan fingerprint density at radius 2 is 0.967 bits per heavy atom. The van der Waals surface area contributed by atoms with Crippen molar-refractivity contribution in [3.05, 3.63) is 182 Å². The number of oxazole rings is 1. The number of para-hydroxylation sites is 3. The van der Waals surface area contributed by atoms with Gasteiger partial charge in [0, 0.05) is 58.4 Å². The van der Waals surface area contributed by atoms with Gasteiger partial charge in [0.25, 0.3) is 0 Å². The van der Waals surface area contributed by atoms with Gasteiger partial charge >= 0.3 is 0 Å². The normalized spacial score (nSPS) is 12.0. The van der Waals surface area contributed by atoms with E-state index in [4.69, 9.17) is 24.4 Å². The largest absolute Gasteiger partial charge is 0.434 e. The third-order valence-electron chi connectivity index (χ3n) is 11.6. The summed E-state index contributed by atoms with van der Waals surface area (Å²) in [5.41, 5.74) is 9.23. The Labute approximate surface area is 346 Å². The van der Waals surface area contributed by atoms with Crippen molar-refractivity contribution in [2.45, 2.75) is 0 Å². The summed E-state index contributed by atoms with van der Waals surface area (Å²) in [7, 11) is 0. The summed E-state index contributed by atoms with van der Waals surface area (Å²) in [5, 5.41) is 6.94. The van der Waals surface area contributed by atoms with Crippen LogP contribution in [0.5, 0.6) is 0 Å². The monoisotopic (exact) mass is 786 g/mol. The molecule has 60 heavy (non-hydrogen) atoms. The van der Waals surface area contributed by atoms with Gasteiger partial charge in [-0.15, -0.1) is 11.3 Å². The maximum Gasteiger partial charge on any atom is 0.238 e. The zero-order chi connectivity index (χ0) is 39.3. The van der Waals surface area contributed by atoms with Crippen molar-refractivity contribution in [3.8, 4) is 45.9 Å². The van der Waals surface area contributed by atoms with Crippen molar-refractivity contribution in [3.63, 3.8) is 0 Å². The predicted molar refractivity (Wildman–Crippen MR) is 245 cm³/mol. The fourth-order valence-electron chi connectivity index (χ4n) is 8.95. The van der Waals surface area contributed by atoms with E-state index in [1.807, 2.05) is 66.7 Å². The Hall–Kier alpha value is -7.94. The highest BCUT2D eigenvalue weighted by atomic mass is 32.1. The molecule has 280 valence electrons. The van der Waals surface area contributed by atoms with Crippen molar-refractivity contribution in [1.29, 1.82) is 0 Å². The van der Waals surface area contributed by atoms with Gasteiger partial charge in [-0.05, 0) is 42.5 Å². The number of hydrogen-bond donors (Lipinski definition) is 0. The molecule has 13 rings (SSSR count). The lowest BCUT2D eigenvalue weighted by Crippen LogP contribution is -2.07. The van der Waals surface area contributed by atoms with Crippen LogP contribution in [-0.4, -0.2) is 29.1 Å². The van der Waals surface area contributed by atoms with E-state index < -0.39 is 0 Å². The quantitative estimate of drug-likeness (QED) is 0.174. The number of rotatable bonds is 5. The standard InChI is InChI=1S/C52H30N6OS/c1-3-14-31(15-4-1)49-54-50(32-16-5-2-6-17-32)56-52(55-49)58-42-23-11-8-19-35(42)39-29-28-38-34-18-7-10-22-41(34)57(46(38)47(39)58)43-24-13-21-40-48(43)59-51(53-40)33-26-27-37-36-20-9-12-25-44(36)60-45(37)30-33/h1-30H. The topological polar surface area (TPSA) is 74.6 Å². The van der Waals surface area contributed by atoms with Crippen LogP contribution in [0.25, 0.3) is 121 Å². The Balaban J connectivity index is 1.11. The molecular formula is C52H30N6OS. The van der Waals surface area contributed by atoms with Crippen LogP contribution in [0.15, 0.2) is 186 Å². The maximum absolute atomic E-state index is 6.88. The highest BCUT2D eigenvalue weighted by Gasteiger charge is 2.25. The van der Waals surface area contributed by atoms with Gasteiger partial charge in [0.15, 0.2) is 17.2 Å². The van der Waals surface area contributed by atoms with E-state index in [1.54, 1.807) is 11.3 Å². The molecule has 0 atom stereocenters. The zero-order valence-corrected chi connectivity index (χ0v) is 32.6. The van der Waals surface area contributed by atoms with Crippen LogP contribution in [0.4, 0.5) is 0 Å². The number of hydrogen-bond acceptors (Lipinski definition) is 6. The smallest absolute Gasteiger partial charge is 0.238 e. The first kappa shape index (κ1) is 33.1. The second kappa shape index (κ2) is 12.8. The lowest BCUT2D eigenvalue weighted by atomic mass is 10.1. The molecule has 0 saturated heterocycles. The minimum absolute atomic E-state index is 0.537. The minimum atomic E-state index is 0.537. The lowest BCUT2D eigenvalue weighted by molar-refractivity contribution is 0.618. The number of fused-ring (bicyclic) bond motifs is 11. The number of nitrogens with zero attached hydrogens (tertiary/aromatic N) is 6. The number of aromatic nitrogens is 6. The third-order valence-corrected chi connectivity index (χ3v) is 12.8. The van der Waals surface area contributed by atoms with Crippen LogP contribution in [0.2, 0.25) is 0 Å². The van der Waals surface area contributed by atoms with E-state index in [2.05, 4.69) is 124 Å². The second-order valence-electron chi connectivity index (χ2n) is 15.0. The minimum Gasteiger partial charge on any atom is -0.434 e. The van der Waals surface area contributed by atoms with Gasteiger partial charge in [0.2, 0.25) is 11.8 Å². The van der Waals surface area contributed by atoms with Crippen LogP contribution in [0.1, 0.15) is 0 Å². The lowest BCUT2D eigenvalue weighted by Gasteiger charge is -2.13. The molecular weight excluding hydrogens is 757 g/mol. The van der Waals surface area contributed by atoms with Crippen molar-refractivity contribution in [2.75, 3.05) is 0 Å². The van der Waals surface area contributed by atoms with E-state index in [9.17, 15) is 0 Å². The summed E-state index contributed by atoms with van der Waals surface area (Å²) in [4.78, 5) is 20.7. The fourth-order valence-corrected chi connectivity index (χ4v) is 10.1. The van der Waals surface area contributed by atoms with Crippen LogP contribution < -0.4 is 0 Å². The zero-order valence-electron chi connectivity index (χ0n) is 31.8. The highest BCUT2D eigenvalue weighted by molar-refractivity contribution is 7.25. The van der Waals surface area contributed by atoms with Crippen LogP contribution in [0.3, 0.4) is 0 Å². The van der Waals surface area contributed by atoms with Gasteiger partial charge in [-0.1, -0.05) is 140 Å². The first-order valence-corrected chi connectivity index (χ1v) is 20.7. The van der Waals surface area contributed by atoms with Gasteiger partial charge < -0.3 is 8.98 Å². The summed E-state index contributed by atoms with van der Waals surface area (Å²) >= 11 is 1.79. The predicted octanol–water partition coefficient (Wildman–Crippen LogP) is 13.6. The highest BCUT2D eigenvalue weighted by Crippen LogP contribution is 2.43. The molecule has 0 radical (unpaired) electrons. The van der Waals surface area contributed by atoms with E-state index in [0.717, 1.165) is 71.5 Å². The average molecular weight is 787 g/mol. The van der Waals surface area contributed by atoms with Crippen LogP contribution in [-0.2, 0) is 0 Å². The molecule has 8 heteroatoms. The first-order chi connectivity index (χ1) is 29.7. The summed E-state index contributed by atoms with van der Waals surface area (Å²) < 4.78 is 13.9. The van der Waals surface area contributed by atoms with Crippen molar-refractivity contribution in [2.24, 2.45) is 0 Å². The Bertz CT molecular complexity index is 3780. The summed E-state index contributed by atoms with van der Waals surface area (Å²) in [6.45, 7) is 0. The number of benzene rings is 8. The van der Waals surface area contributed by atoms with Gasteiger partial charge in [-0.2, -0.15) is 9.97 Å². The van der Waals surface area contributed by atoms with Gasteiger partial charge in [0.1, 0.15) is 5.52 Å².